The molecule has 0 aliphatic heterocycles. The van der Waals surface area contributed by atoms with Gasteiger partial charge in [0.1, 0.15) is 0 Å². The molecule has 0 bridgehead atoms. The zero-order valence-corrected chi connectivity index (χ0v) is 8.86. The summed E-state index contributed by atoms with van der Waals surface area (Å²) in [5.74, 6) is 0. The Morgan fingerprint density at radius 1 is 0.889 bits per heavy atom. The fourth-order valence-corrected chi connectivity index (χ4v) is 1.32. The van der Waals surface area contributed by atoms with Crippen LogP contribution in [0.1, 0.15) is 16.7 Å². The fourth-order valence-electron chi connectivity index (χ4n) is 1.32. The van der Waals surface area contributed by atoms with E-state index in [9.17, 15) is 26.3 Å². The quantitative estimate of drug-likeness (QED) is 0.655. The van der Waals surface area contributed by atoms with Crippen LogP contribution in [0.4, 0.5) is 26.3 Å². The van der Waals surface area contributed by atoms with Crippen LogP contribution in [-0.4, -0.2) is 11.8 Å². The Hall–Kier alpha value is -1.28. The summed E-state index contributed by atoms with van der Waals surface area (Å²) < 4.78 is 74.5. The summed E-state index contributed by atoms with van der Waals surface area (Å²) in [4.78, 5) is 0. The molecule has 1 aromatic carbocycles. The minimum atomic E-state index is -4.85. The molecule has 0 atom stereocenters. The van der Waals surface area contributed by atoms with Gasteiger partial charge in [-0.3, -0.25) is 5.32 Å². The molecule has 102 valence electrons. The molecule has 0 saturated carbocycles. The first kappa shape index (κ1) is 14.8. The molecule has 0 fully saturated rings. The molecule has 8 heteroatoms. The van der Waals surface area contributed by atoms with Gasteiger partial charge in [-0.05, 0) is 23.8 Å². The van der Waals surface area contributed by atoms with Crippen LogP contribution in [-0.2, 0) is 18.9 Å². The van der Waals surface area contributed by atoms with Gasteiger partial charge in [0.2, 0.25) is 0 Å². The summed E-state index contributed by atoms with van der Waals surface area (Å²) in [5.41, 5.74) is -2.94. The Balaban J connectivity index is 3.21. The van der Waals surface area contributed by atoms with Crippen molar-refractivity contribution in [3.05, 3.63) is 34.9 Å². The summed E-state index contributed by atoms with van der Waals surface area (Å²) in [6, 6.07) is 1.28. The van der Waals surface area contributed by atoms with Gasteiger partial charge in [0.05, 0.1) is 17.9 Å². The number of halogens is 6. The van der Waals surface area contributed by atoms with Gasteiger partial charge in [-0.2, -0.15) is 26.3 Å². The van der Waals surface area contributed by atoms with Crippen LogP contribution >= 0.6 is 0 Å². The van der Waals surface area contributed by atoms with Crippen molar-refractivity contribution in [2.24, 2.45) is 0 Å². The Morgan fingerprint density at radius 2 is 1.33 bits per heavy atom. The predicted octanol–water partition coefficient (Wildman–Crippen LogP) is 2.76. The van der Waals surface area contributed by atoms with Crippen molar-refractivity contribution in [3.8, 4) is 0 Å². The highest BCUT2D eigenvalue weighted by Crippen LogP contribution is 2.36. The maximum Gasteiger partial charge on any atom is 0.416 e. The number of aliphatic hydroxyl groups excluding tert-OH is 1. The second-order valence-corrected chi connectivity index (χ2v) is 3.50. The van der Waals surface area contributed by atoms with E-state index in [0.29, 0.717) is 12.1 Å². The van der Waals surface area contributed by atoms with Crippen LogP contribution in [0, 0.1) is 0 Å². The molecule has 2 N–H and O–H groups in total. The normalized spacial score (nSPS) is 12.8. The van der Waals surface area contributed by atoms with E-state index in [1.165, 1.54) is 0 Å². The maximum absolute atomic E-state index is 12.4. The minimum Gasteiger partial charge on any atom is -0.381 e. The number of aliphatic hydroxyl groups is 1. The molecule has 0 aliphatic carbocycles. The van der Waals surface area contributed by atoms with E-state index >= 15 is 0 Å². The van der Waals surface area contributed by atoms with E-state index in [4.69, 9.17) is 5.11 Å². The van der Waals surface area contributed by atoms with Crippen LogP contribution < -0.4 is 5.32 Å². The third-order valence-electron chi connectivity index (χ3n) is 2.09. The van der Waals surface area contributed by atoms with E-state index in [2.05, 4.69) is 5.32 Å². The van der Waals surface area contributed by atoms with E-state index in [0.717, 1.165) is 0 Å². The summed E-state index contributed by atoms with van der Waals surface area (Å²) in [5, 5.41) is 10.7. The molecule has 2 nitrogen and oxygen atoms in total. The molecule has 0 spiro atoms. The predicted molar refractivity (Wildman–Crippen MR) is 50.4 cm³/mol. The maximum atomic E-state index is 12.4. The second-order valence-electron chi connectivity index (χ2n) is 3.50. The second kappa shape index (κ2) is 5.15. The smallest absolute Gasteiger partial charge is 0.381 e. The van der Waals surface area contributed by atoms with Crippen molar-refractivity contribution >= 4 is 0 Å². The molecule has 0 amide bonds. The molecule has 0 aliphatic rings. The third-order valence-corrected chi connectivity index (χ3v) is 2.09. The number of benzene rings is 1. The van der Waals surface area contributed by atoms with E-state index in [1.54, 1.807) is 0 Å². The van der Waals surface area contributed by atoms with E-state index in [-0.39, 0.29) is 18.2 Å². The molecule has 1 aromatic rings. The van der Waals surface area contributed by atoms with Gasteiger partial charge in [0.15, 0.2) is 0 Å². The monoisotopic (exact) mass is 273 g/mol. The highest BCUT2D eigenvalue weighted by Gasteiger charge is 2.36. The van der Waals surface area contributed by atoms with Crippen molar-refractivity contribution in [2.45, 2.75) is 18.9 Å². The largest absolute Gasteiger partial charge is 0.416 e. The molecule has 0 radical (unpaired) electrons. The number of hydrogen-bond donors (Lipinski definition) is 2. The van der Waals surface area contributed by atoms with Crippen LogP contribution in [0.5, 0.6) is 0 Å². The summed E-state index contributed by atoms with van der Waals surface area (Å²) in [6.07, 6.45) is -9.70. The Bertz CT molecular complexity index is 380. The molecule has 0 saturated heterocycles. The molecule has 18 heavy (non-hydrogen) atoms. The van der Waals surface area contributed by atoms with Crippen LogP contribution in [0.25, 0.3) is 0 Å². The van der Waals surface area contributed by atoms with Gasteiger partial charge < -0.3 is 5.11 Å². The first-order chi connectivity index (χ1) is 8.14. The zero-order valence-electron chi connectivity index (χ0n) is 8.86. The third kappa shape index (κ3) is 3.88. The van der Waals surface area contributed by atoms with Crippen LogP contribution in [0.3, 0.4) is 0 Å². The lowest BCUT2D eigenvalue weighted by atomic mass is 10.0. The number of hydrogen-bond acceptors (Lipinski definition) is 2. The van der Waals surface area contributed by atoms with Crippen molar-refractivity contribution in [2.75, 3.05) is 6.73 Å². The molecule has 0 heterocycles. The van der Waals surface area contributed by atoms with Gasteiger partial charge in [-0.25, -0.2) is 0 Å². The number of nitrogens with one attached hydrogen (secondary N) is 1. The molecular formula is C10H9F6NO. The average molecular weight is 273 g/mol. The highest BCUT2D eigenvalue weighted by molar-refractivity contribution is 5.33. The van der Waals surface area contributed by atoms with Gasteiger partial charge in [-0.1, -0.05) is 0 Å². The first-order valence-electron chi connectivity index (χ1n) is 4.74. The summed E-state index contributed by atoms with van der Waals surface area (Å²) in [6.45, 7) is -0.832. The lowest BCUT2D eigenvalue weighted by molar-refractivity contribution is -0.143. The SMILES string of the molecule is OCNCc1cc(C(F)(F)F)cc(C(F)(F)F)c1. The average Bonchev–Trinajstić information content (AvgIpc) is 2.23. The molecule has 1 rings (SSSR count). The summed E-state index contributed by atoms with van der Waals surface area (Å²) >= 11 is 0. The van der Waals surface area contributed by atoms with Gasteiger partial charge in [-0.15, -0.1) is 0 Å². The lowest BCUT2D eigenvalue weighted by Gasteiger charge is -2.14. The standard InChI is InChI=1S/C10H9F6NO/c11-9(12,13)7-1-6(4-17-5-18)2-8(3-7)10(14,15)16/h1-3,17-18H,4-5H2. The van der Waals surface area contributed by atoms with Crippen molar-refractivity contribution in [3.63, 3.8) is 0 Å². The van der Waals surface area contributed by atoms with E-state index in [1.807, 2.05) is 0 Å². The van der Waals surface area contributed by atoms with Gasteiger partial charge in [0, 0.05) is 6.54 Å². The minimum absolute atomic E-state index is 0.0580. The van der Waals surface area contributed by atoms with Crippen molar-refractivity contribution in [1.82, 2.24) is 5.32 Å². The summed E-state index contributed by atoms with van der Waals surface area (Å²) in [7, 11) is 0. The Morgan fingerprint density at radius 3 is 1.67 bits per heavy atom. The molecule has 0 unspecified atom stereocenters. The molecule has 0 aromatic heterocycles. The van der Waals surface area contributed by atoms with Gasteiger partial charge in [0.25, 0.3) is 0 Å². The number of rotatable bonds is 3. The zero-order chi connectivity index (χ0) is 14.0. The Kier molecular flexibility index (Phi) is 4.23. The topological polar surface area (TPSA) is 32.3 Å². The van der Waals surface area contributed by atoms with Gasteiger partial charge >= 0.3 is 12.4 Å². The highest BCUT2D eigenvalue weighted by atomic mass is 19.4. The number of alkyl halides is 6. The van der Waals surface area contributed by atoms with Crippen molar-refractivity contribution in [1.29, 1.82) is 0 Å². The van der Waals surface area contributed by atoms with Crippen LogP contribution in [0.15, 0.2) is 18.2 Å². The first-order valence-corrected chi connectivity index (χ1v) is 4.74. The fraction of sp³-hybridized carbons (Fsp3) is 0.400. The lowest BCUT2D eigenvalue weighted by Crippen LogP contribution is -2.17. The molecular weight excluding hydrogens is 264 g/mol. The Labute approximate surface area is 98.2 Å². The van der Waals surface area contributed by atoms with Crippen molar-refractivity contribution < 1.29 is 31.4 Å². The van der Waals surface area contributed by atoms with E-state index < -0.39 is 30.2 Å². The van der Waals surface area contributed by atoms with Crippen LogP contribution in [0.2, 0.25) is 0 Å².